The van der Waals surface area contributed by atoms with E-state index in [1.54, 1.807) is 19.1 Å². The Hall–Kier alpha value is -1.36. The maximum Gasteiger partial charge on any atom is 0.264 e. The molecule has 11 heteroatoms. The first-order valence-electron chi connectivity index (χ1n) is 9.12. The fraction of sp³-hybridized carbons (Fsp3) is 0.368. The number of benzene rings is 2. The Bertz CT molecular complexity index is 1070. The molecule has 0 aliphatic heterocycles. The lowest BCUT2D eigenvalue weighted by Gasteiger charge is -2.32. The molecule has 0 radical (unpaired) electrons. The number of hydrogen-bond donors (Lipinski definition) is 2. The van der Waals surface area contributed by atoms with Crippen LogP contribution in [0.25, 0.3) is 0 Å². The van der Waals surface area contributed by atoms with Crippen molar-refractivity contribution in [2.75, 3.05) is 17.1 Å². The van der Waals surface area contributed by atoms with Crippen molar-refractivity contribution in [2.24, 2.45) is 0 Å². The molecule has 30 heavy (non-hydrogen) atoms. The molecule has 0 aromatic heterocycles. The van der Waals surface area contributed by atoms with Crippen molar-refractivity contribution in [3.8, 4) is 0 Å². The van der Waals surface area contributed by atoms with Gasteiger partial charge in [0, 0.05) is 21.7 Å². The van der Waals surface area contributed by atoms with Gasteiger partial charge in [0.25, 0.3) is 10.0 Å². The summed E-state index contributed by atoms with van der Waals surface area (Å²) in [4.78, 5) is 0.0189. The number of hydrogen-bond acceptors (Lipinski definition) is 5. The molecule has 0 saturated carbocycles. The minimum absolute atomic E-state index is 0.0189. The van der Waals surface area contributed by atoms with E-state index in [2.05, 4.69) is 4.72 Å². The topological polar surface area (TPSA) is 104 Å². The van der Waals surface area contributed by atoms with Crippen molar-refractivity contribution >= 4 is 48.9 Å². The zero-order valence-corrected chi connectivity index (χ0v) is 19.7. The van der Waals surface area contributed by atoms with Crippen molar-refractivity contribution < 1.29 is 21.9 Å². The lowest BCUT2D eigenvalue weighted by atomic mass is 10.1. The maximum absolute atomic E-state index is 13.5. The van der Waals surface area contributed by atoms with E-state index < -0.39 is 26.1 Å². The zero-order chi connectivity index (χ0) is 22.5. The van der Waals surface area contributed by atoms with Gasteiger partial charge < -0.3 is 5.11 Å². The molecule has 2 rings (SSSR count). The SMILES string of the molecule is CNS(=O)(=O)CCC[C@H](C)N(c1cc(Cl)ccc1CO)S(=O)(=O)c1ccc(Cl)cc1. The van der Waals surface area contributed by atoms with Gasteiger partial charge in [-0.15, -0.1) is 0 Å². The largest absolute Gasteiger partial charge is 0.392 e. The Balaban J connectivity index is 2.50. The van der Waals surface area contributed by atoms with Crippen LogP contribution in [0.4, 0.5) is 5.69 Å². The lowest BCUT2D eigenvalue weighted by Crippen LogP contribution is -2.39. The highest BCUT2D eigenvalue weighted by atomic mass is 35.5. The maximum atomic E-state index is 13.5. The summed E-state index contributed by atoms with van der Waals surface area (Å²) in [5.41, 5.74) is 0.621. The molecule has 1 atom stereocenters. The first-order chi connectivity index (χ1) is 14.0. The molecule has 0 amide bonds. The fourth-order valence-electron chi connectivity index (χ4n) is 2.99. The van der Waals surface area contributed by atoms with E-state index in [-0.39, 0.29) is 35.8 Å². The second-order valence-electron chi connectivity index (χ2n) is 6.70. The second-order valence-corrected chi connectivity index (χ2v) is 11.4. The first-order valence-corrected chi connectivity index (χ1v) is 13.0. The summed E-state index contributed by atoms with van der Waals surface area (Å²) in [6, 6.07) is 9.72. The standard InChI is InChI=1S/C19H24Cl2N2O5S2/c1-14(4-3-11-29(25,26)22-2)23(19-12-17(21)6-5-15(19)13-24)30(27,28)18-9-7-16(20)8-10-18/h5-10,12,14,22,24H,3-4,11,13H2,1-2H3/t14-/m0/s1. The highest BCUT2D eigenvalue weighted by Gasteiger charge is 2.31. The molecule has 2 aromatic rings. The number of sulfonamides is 2. The van der Waals surface area contributed by atoms with E-state index in [1.165, 1.54) is 41.7 Å². The van der Waals surface area contributed by atoms with E-state index in [0.717, 1.165) is 0 Å². The number of aliphatic hydroxyl groups excluding tert-OH is 1. The summed E-state index contributed by atoms with van der Waals surface area (Å²) in [6.45, 7) is 1.29. The molecule has 166 valence electrons. The molecule has 0 heterocycles. The van der Waals surface area contributed by atoms with Crippen molar-refractivity contribution in [1.29, 1.82) is 0 Å². The number of nitrogens with one attached hydrogen (secondary N) is 1. The van der Waals surface area contributed by atoms with Gasteiger partial charge in [0.15, 0.2) is 0 Å². The highest BCUT2D eigenvalue weighted by molar-refractivity contribution is 7.92. The molecule has 0 fully saturated rings. The minimum Gasteiger partial charge on any atom is -0.392 e. The Morgan fingerprint density at radius 2 is 1.63 bits per heavy atom. The molecular weight excluding hydrogens is 471 g/mol. The predicted molar refractivity (Wildman–Crippen MR) is 120 cm³/mol. The average molecular weight is 495 g/mol. The molecule has 0 aliphatic rings. The average Bonchev–Trinajstić information content (AvgIpc) is 2.68. The monoisotopic (exact) mass is 494 g/mol. The summed E-state index contributed by atoms with van der Waals surface area (Å²) < 4.78 is 53.9. The third-order valence-electron chi connectivity index (χ3n) is 4.57. The molecule has 2 aromatic carbocycles. The fourth-order valence-corrected chi connectivity index (χ4v) is 5.75. The Morgan fingerprint density at radius 1 is 1.03 bits per heavy atom. The first kappa shape index (κ1) is 24.9. The van der Waals surface area contributed by atoms with Crippen molar-refractivity contribution in [3.63, 3.8) is 0 Å². The van der Waals surface area contributed by atoms with Crippen LogP contribution in [0.2, 0.25) is 10.0 Å². The molecule has 0 saturated heterocycles. The minimum atomic E-state index is -4.05. The van der Waals surface area contributed by atoms with E-state index in [0.29, 0.717) is 15.6 Å². The summed E-state index contributed by atoms with van der Waals surface area (Å²) in [7, 11) is -6.13. The van der Waals surface area contributed by atoms with Crippen LogP contribution in [0.1, 0.15) is 25.3 Å². The van der Waals surface area contributed by atoms with Gasteiger partial charge in [0.1, 0.15) is 0 Å². The van der Waals surface area contributed by atoms with Crippen molar-refractivity contribution in [2.45, 2.75) is 37.3 Å². The van der Waals surface area contributed by atoms with Gasteiger partial charge >= 0.3 is 0 Å². The van der Waals surface area contributed by atoms with Crippen LogP contribution in [0, 0.1) is 0 Å². The molecule has 0 bridgehead atoms. The van der Waals surface area contributed by atoms with Gasteiger partial charge in [-0.25, -0.2) is 21.6 Å². The normalized spacial score (nSPS) is 13.2. The number of anilines is 1. The van der Waals surface area contributed by atoms with Crippen LogP contribution in [-0.4, -0.2) is 40.8 Å². The van der Waals surface area contributed by atoms with Gasteiger partial charge in [0.2, 0.25) is 10.0 Å². The quantitative estimate of drug-likeness (QED) is 0.526. The second kappa shape index (κ2) is 10.3. The van der Waals surface area contributed by atoms with Crippen LogP contribution in [-0.2, 0) is 26.7 Å². The Labute approximate surface area is 187 Å². The van der Waals surface area contributed by atoms with Gasteiger partial charge in [-0.3, -0.25) is 4.31 Å². The number of halogens is 2. The van der Waals surface area contributed by atoms with E-state index in [9.17, 15) is 21.9 Å². The zero-order valence-electron chi connectivity index (χ0n) is 16.5. The van der Waals surface area contributed by atoms with E-state index in [4.69, 9.17) is 23.2 Å². The summed E-state index contributed by atoms with van der Waals surface area (Å²) >= 11 is 12.0. The van der Waals surface area contributed by atoms with Crippen LogP contribution in [0.15, 0.2) is 47.4 Å². The van der Waals surface area contributed by atoms with Crippen LogP contribution in [0.3, 0.4) is 0 Å². The molecular formula is C19H24Cl2N2O5S2. The van der Waals surface area contributed by atoms with Crippen molar-refractivity contribution in [3.05, 3.63) is 58.1 Å². The molecule has 0 aliphatic carbocycles. The molecule has 0 spiro atoms. The van der Waals surface area contributed by atoms with Gasteiger partial charge in [0.05, 0.1) is 22.9 Å². The van der Waals surface area contributed by atoms with Crippen LogP contribution < -0.4 is 9.03 Å². The lowest BCUT2D eigenvalue weighted by molar-refractivity contribution is 0.282. The number of nitrogens with zero attached hydrogens (tertiary/aromatic N) is 1. The molecule has 7 nitrogen and oxygen atoms in total. The summed E-state index contributed by atoms with van der Waals surface area (Å²) in [6.07, 6.45) is 0.511. The molecule has 0 unspecified atom stereocenters. The third kappa shape index (κ3) is 6.09. The van der Waals surface area contributed by atoms with Gasteiger partial charge in [-0.1, -0.05) is 29.3 Å². The third-order valence-corrected chi connectivity index (χ3v) is 8.45. The van der Waals surface area contributed by atoms with Crippen molar-refractivity contribution in [1.82, 2.24) is 4.72 Å². The van der Waals surface area contributed by atoms with E-state index >= 15 is 0 Å². The van der Waals surface area contributed by atoms with Gasteiger partial charge in [-0.05, 0) is 63.2 Å². The Morgan fingerprint density at radius 3 is 2.20 bits per heavy atom. The van der Waals surface area contributed by atoms with E-state index in [1.807, 2.05) is 0 Å². The van der Waals surface area contributed by atoms with Crippen LogP contribution >= 0.6 is 23.2 Å². The highest BCUT2D eigenvalue weighted by Crippen LogP contribution is 2.33. The Kier molecular flexibility index (Phi) is 8.55. The smallest absolute Gasteiger partial charge is 0.264 e. The van der Waals surface area contributed by atoms with Crippen LogP contribution in [0.5, 0.6) is 0 Å². The summed E-state index contributed by atoms with van der Waals surface area (Å²) in [5, 5.41) is 10.5. The predicted octanol–water partition coefficient (Wildman–Crippen LogP) is 3.40. The number of rotatable bonds is 10. The summed E-state index contributed by atoms with van der Waals surface area (Å²) in [5.74, 6) is -0.134. The molecule has 2 N–H and O–H groups in total. The number of aliphatic hydroxyl groups is 1. The van der Waals surface area contributed by atoms with Gasteiger partial charge in [-0.2, -0.15) is 0 Å².